The van der Waals surface area contributed by atoms with Crippen LogP contribution in [-0.4, -0.2) is 11.4 Å². The molecular weight excluding hydrogens is 275 g/mol. The van der Waals surface area contributed by atoms with Gasteiger partial charge in [0, 0.05) is 30.7 Å². The molecule has 1 aliphatic heterocycles. The summed E-state index contributed by atoms with van der Waals surface area (Å²) < 4.78 is 13.4. The molecule has 0 fully saturated rings. The van der Waals surface area contributed by atoms with E-state index in [9.17, 15) is 4.39 Å². The monoisotopic (exact) mass is 290 g/mol. The average Bonchev–Trinajstić information content (AvgIpc) is 2.78. The second-order valence-corrected chi connectivity index (χ2v) is 5.50. The number of halogens is 2. The van der Waals surface area contributed by atoms with Gasteiger partial charge < -0.3 is 5.73 Å². The fraction of sp³-hybridized carbons (Fsp3) is 0.250. The smallest absolute Gasteiger partial charge is 0.123 e. The second-order valence-electron chi connectivity index (χ2n) is 5.09. The summed E-state index contributed by atoms with van der Waals surface area (Å²) in [6, 6.07) is 12.8. The molecule has 0 saturated carbocycles. The van der Waals surface area contributed by atoms with Gasteiger partial charge in [0.15, 0.2) is 0 Å². The maximum atomic E-state index is 13.4. The third-order valence-corrected chi connectivity index (χ3v) is 4.20. The van der Waals surface area contributed by atoms with Crippen LogP contribution in [0.15, 0.2) is 42.5 Å². The van der Waals surface area contributed by atoms with Crippen LogP contribution >= 0.6 is 11.6 Å². The average molecular weight is 291 g/mol. The highest BCUT2D eigenvalue weighted by Crippen LogP contribution is 2.35. The van der Waals surface area contributed by atoms with Gasteiger partial charge in [-0.25, -0.2) is 4.39 Å². The highest BCUT2D eigenvalue weighted by atomic mass is 35.5. The Morgan fingerprint density at radius 1 is 1.25 bits per heavy atom. The molecule has 4 heteroatoms. The van der Waals surface area contributed by atoms with E-state index in [1.165, 1.54) is 6.07 Å². The molecule has 0 radical (unpaired) electrons. The Morgan fingerprint density at radius 3 is 2.80 bits per heavy atom. The van der Waals surface area contributed by atoms with E-state index in [0.29, 0.717) is 6.54 Å². The van der Waals surface area contributed by atoms with Crippen LogP contribution in [0.25, 0.3) is 0 Å². The Hall–Kier alpha value is -1.42. The number of nitrogens with zero attached hydrogens (tertiary/aromatic N) is 1. The molecule has 0 bridgehead atoms. The van der Waals surface area contributed by atoms with Gasteiger partial charge in [0.25, 0.3) is 0 Å². The summed E-state index contributed by atoms with van der Waals surface area (Å²) in [5.74, 6) is -0.207. The van der Waals surface area contributed by atoms with Crippen molar-refractivity contribution in [2.24, 2.45) is 5.73 Å². The fourth-order valence-electron chi connectivity index (χ4n) is 2.83. The van der Waals surface area contributed by atoms with Crippen LogP contribution in [0.4, 0.5) is 4.39 Å². The molecule has 1 atom stereocenters. The van der Waals surface area contributed by atoms with Gasteiger partial charge in [-0.3, -0.25) is 4.90 Å². The molecule has 3 rings (SSSR count). The molecule has 0 aromatic heterocycles. The molecule has 20 heavy (non-hydrogen) atoms. The van der Waals surface area contributed by atoms with Crippen LogP contribution in [-0.2, 0) is 13.1 Å². The summed E-state index contributed by atoms with van der Waals surface area (Å²) in [6.45, 7) is 1.97. The van der Waals surface area contributed by atoms with E-state index < -0.39 is 0 Å². The second kappa shape index (κ2) is 5.52. The first-order valence-electron chi connectivity index (χ1n) is 6.65. The molecule has 1 heterocycles. The lowest BCUT2D eigenvalue weighted by Crippen LogP contribution is -2.27. The first kappa shape index (κ1) is 13.6. The number of fused-ring (bicyclic) bond motifs is 1. The Labute approximate surface area is 123 Å². The molecule has 2 aromatic carbocycles. The molecule has 1 unspecified atom stereocenters. The zero-order chi connectivity index (χ0) is 14.1. The topological polar surface area (TPSA) is 29.3 Å². The van der Waals surface area contributed by atoms with E-state index in [1.54, 1.807) is 6.07 Å². The van der Waals surface area contributed by atoms with Crippen molar-refractivity contribution in [2.45, 2.75) is 19.1 Å². The van der Waals surface area contributed by atoms with Crippen molar-refractivity contribution < 1.29 is 4.39 Å². The van der Waals surface area contributed by atoms with Crippen LogP contribution in [0.2, 0.25) is 5.02 Å². The lowest BCUT2D eigenvalue weighted by atomic mass is 10.0. The third kappa shape index (κ3) is 2.44. The number of hydrogen-bond donors (Lipinski definition) is 1. The Bertz CT molecular complexity index is 630. The fourth-order valence-corrected chi connectivity index (χ4v) is 3.03. The van der Waals surface area contributed by atoms with Crippen molar-refractivity contribution in [2.75, 3.05) is 6.54 Å². The molecule has 0 amide bonds. The van der Waals surface area contributed by atoms with E-state index in [1.807, 2.05) is 30.3 Å². The van der Waals surface area contributed by atoms with Crippen LogP contribution in [0.3, 0.4) is 0 Å². The zero-order valence-corrected chi connectivity index (χ0v) is 11.8. The molecular formula is C16H16ClFN2. The lowest BCUT2D eigenvalue weighted by molar-refractivity contribution is 0.211. The van der Waals surface area contributed by atoms with Crippen LogP contribution in [0.1, 0.15) is 22.7 Å². The van der Waals surface area contributed by atoms with Gasteiger partial charge in [-0.15, -0.1) is 0 Å². The maximum absolute atomic E-state index is 13.4. The Kier molecular flexibility index (Phi) is 3.74. The highest BCUT2D eigenvalue weighted by Gasteiger charge is 2.29. The van der Waals surface area contributed by atoms with E-state index >= 15 is 0 Å². The quantitative estimate of drug-likeness (QED) is 0.937. The lowest BCUT2D eigenvalue weighted by Gasteiger charge is -2.24. The predicted molar refractivity (Wildman–Crippen MR) is 78.9 cm³/mol. The van der Waals surface area contributed by atoms with Crippen LogP contribution in [0.5, 0.6) is 0 Å². The summed E-state index contributed by atoms with van der Waals surface area (Å²) >= 11 is 6.21. The van der Waals surface area contributed by atoms with E-state index in [4.69, 9.17) is 17.3 Å². The van der Waals surface area contributed by atoms with Crippen molar-refractivity contribution in [3.63, 3.8) is 0 Å². The Balaban J connectivity index is 1.88. The van der Waals surface area contributed by atoms with Crippen LogP contribution < -0.4 is 5.73 Å². The molecule has 0 spiro atoms. The molecule has 0 saturated heterocycles. The maximum Gasteiger partial charge on any atom is 0.123 e. The number of nitrogens with two attached hydrogens (primary N) is 1. The summed E-state index contributed by atoms with van der Waals surface area (Å²) in [4.78, 5) is 2.24. The van der Waals surface area contributed by atoms with Gasteiger partial charge >= 0.3 is 0 Å². The molecule has 2 nitrogen and oxygen atoms in total. The van der Waals surface area contributed by atoms with Gasteiger partial charge in [0.2, 0.25) is 0 Å². The van der Waals surface area contributed by atoms with Crippen molar-refractivity contribution in [1.82, 2.24) is 4.90 Å². The summed E-state index contributed by atoms with van der Waals surface area (Å²) in [6.07, 6.45) is 0. The van der Waals surface area contributed by atoms with Gasteiger partial charge in [-0.05, 0) is 34.9 Å². The number of rotatable bonds is 3. The zero-order valence-electron chi connectivity index (χ0n) is 11.0. The normalized spacial score (nSPS) is 18.2. The predicted octanol–water partition coefficient (Wildman–Crippen LogP) is 3.49. The van der Waals surface area contributed by atoms with Crippen molar-refractivity contribution in [3.05, 3.63) is 70.0 Å². The van der Waals surface area contributed by atoms with E-state index in [0.717, 1.165) is 34.8 Å². The van der Waals surface area contributed by atoms with Gasteiger partial charge in [0.1, 0.15) is 5.82 Å². The van der Waals surface area contributed by atoms with Gasteiger partial charge in [0.05, 0.1) is 0 Å². The van der Waals surface area contributed by atoms with Crippen molar-refractivity contribution in [3.8, 4) is 0 Å². The summed E-state index contributed by atoms with van der Waals surface area (Å²) in [5.41, 5.74) is 9.10. The van der Waals surface area contributed by atoms with Gasteiger partial charge in [-0.1, -0.05) is 35.9 Å². The molecule has 1 aliphatic rings. The minimum atomic E-state index is -0.207. The molecule has 0 aliphatic carbocycles. The minimum absolute atomic E-state index is 0.0528. The first-order chi connectivity index (χ1) is 9.69. The SMILES string of the molecule is NCC1c2cc(F)ccc2CN1Cc1ccccc1Cl. The first-order valence-corrected chi connectivity index (χ1v) is 7.02. The van der Waals surface area contributed by atoms with Crippen molar-refractivity contribution in [1.29, 1.82) is 0 Å². The summed E-state index contributed by atoms with van der Waals surface area (Å²) in [5, 5.41) is 0.755. The number of benzene rings is 2. The standard InChI is InChI=1S/C16H16ClFN2/c17-15-4-2-1-3-12(15)10-20-9-11-5-6-13(18)7-14(11)16(20)8-19/h1-7,16H,8-10,19H2. The summed E-state index contributed by atoms with van der Waals surface area (Å²) in [7, 11) is 0. The third-order valence-electron chi connectivity index (χ3n) is 3.84. The largest absolute Gasteiger partial charge is 0.329 e. The molecule has 104 valence electrons. The highest BCUT2D eigenvalue weighted by molar-refractivity contribution is 6.31. The van der Waals surface area contributed by atoms with E-state index in [-0.39, 0.29) is 11.9 Å². The van der Waals surface area contributed by atoms with Crippen LogP contribution in [0, 0.1) is 5.82 Å². The van der Waals surface area contributed by atoms with Gasteiger partial charge in [-0.2, -0.15) is 0 Å². The van der Waals surface area contributed by atoms with E-state index in [2.05, 4.69) is 4.90 Å². The van der Waals surface area contributed by atoms with Crippen molar-refractivity contribution >= 4 is 11.6 Å². The molecule has 2 aromatic rings. The Morgan fingerprint density at radius 2 is 2.05 bits per heavy atom. The number of hydrogen-bond acceptors (Lipinski definition) is 2. The minimum Gasteiger partial charge on any atom is -0.329 e. The molecule has 2 N–H and O–H groups in total.